The third kappa shape index (κ3) is 4.43. The average molecular weight is 324 g/mol. The Bertz CT molecular complexity index is 440. The summed E-state index contributed by atoms with van der Waals surface area (Å²) < 4.78 is 0.902. The second-order valence-corrected chi connectivity index (χ2v) is 6.64. The molecule has 0 heterocycles. The van der Waals surface area contributed by atoms with Crippen LogP contribution in [0.1, 0.15) is 43.5 Å². The van der Waals surface area contributed by atoms with Crippen molar-refractivity contribution in [3.8, 4) is 0 Å². The van der Waals surface area contributed by atoms with Gasteiger partial charge in [0.05, 0.1) is 6.54 Å². The average Bonchev–Trinajstić information content (AvgIpc) is 3.18. The zero-order valence-electron chi connectivity index (χ0n) is 11.7. The molecule has 2 rings (SSSR count). The fourth-order valence-corrected chi connectivity index (χ4v) is 2.72. The zero-order valence-corrected chi connectivity index (χ0v) is 13.3. The molecule has 0 spiro atoms. The van der Waals surface area contributed by atoms with E-state index in [9.17, 15) is 4.79 Å². The number of carbonyl (C=O) groups excluding carboxylic acids is 1. The number of benzene rings is 1. The van der Waals surface area contributed by atoms with E-state index in [2.05, 4.69) is 34.7 Å². The quantitative estimate of drug-likeness (QED) is 0.703. The maximum Gasteiger partial charge on any atom is 0.177 e. The minimum atomic E-state index is 0.225. The van der Waals surface area contributed by atoms with E-state index >= 15 is 0 Å². The number of hydrogen-bond donors (Lipinski definition) is 0. The van der Waals surface area contributed by atoms with E-state index in [0.717, 1.165) is 16.6 Å². The van der Waals surface area contributed by atoms with Gasteiger partial charge in [0.15, 0.2) is 5.78 Å². The molecule has 0 radical (unpaired) electrons. The van der Waals surface area contributed by atoms with Crippen molar-refractivity contribution in [2.75, 3.05) is 13.1 Å². The zero-order chi connectivity index (χ0) is 13.8. The Hall–Kier alpha value is -0.670. The summed E-state index contributed by atoms with van der Waals surface area (Å²) in [5, 5.41) is 0. The number of ketones is 1. The van der Waals surface area contributed by atoms with Crippen molar-refractivity contribution in [3.05, 3.63) is 34.3 Å². The predicted molar refractivity (Wildman–Crippen MR) is 82.5 cm³/mol. The van der Waals surface area contributed by atoms with Crippen molar-refractivity contribution in [3.63, 3.8) is 0 Å². The van der Waals surface area contributed by atoms with Crippen LogP contribution in [0.15, 0.2) is 28.7 Å². The number of hydrogen-bond acceptors (Lipinski definition) is 2. The number of nitrogens with zero attached hydrogens (tertiary/aromatic N) is 1. The maximum atomic E-state index is 12.4. The second kappa shape index (κ2) is 6.67. The summed E-state index contributed by atoms with van der Waals surface area (Å²) in [5.74, 6) is 0.919. The van der Waals surface area contributed by atoms with Gasteiger partial charge in [-0.3, -0.25) is 9.69 Å². The van der Waals surface area contributed by atoms with Crippen LogP contribution >= 0.6 is 15.9 Å². The molecule has 0 aromatic heterocycles. The van der Waals surface area contributed by atoms with Crippen LogP contribution < -0.4 is 0 Å². The number of Topliss-reactive ketones (excluding diaryl/α,β-unsaturated/α-hetero) is 1. The molecule has 0 aliphatic heterocycles. The van der Waals surface area contributed by atoms with E-state index in [1.807, 2.05) is 24.3 Å². The maximum absolute atomic E-state index is 12.4. The number of rotatable bonds is 7. The van der Waals surface area contributed by atoms with Crippen molar-refractivity contribution in [1.82, 2.24) is 4.90 Å². The van der Waals surface area contributed by atoms with Gasteiger partial charge in [0.1, 0.15) is 0 Å². The molecule has 0 saturated heterocycles. The van der Waals surface area contributed by atoms with Gasteiger partial charge < -0.3 is 0 Å². The standard InChI is InChI=1S/C16H22BrNO/c1-12(2)9-10-18(13-7-8-13)11-16(19)14-5-3-4-6-15(14)17/h3-6,12-13H,7-11H2,1-2H3. The molecule has 1 aromatic rings. The van der Waals surface area contributed by atoms with Gasteiger partial charge in [-0.1, -0.05) is 48.0 Å². The molecule has 0 bridgehead atoms. The molecule has 1 fully saturated rings. The van der Waals surface area contributed by atoms with Gasteiger partial charge in [0.2, 0.25) is 0 Å². The molecule has 2 nitrogen and oxygen atoms in total. The van der Waals surface area contributed by atoms with Gasteiger partial charge in [0.25, 0.3) is 0 Å². The largest absolute Gasteiger partial charge is 0.293 e. The Balaban J connectivity index is 1.97. The normalized spacial score (nSPS) is 15.2. The van der Waals surface area contributed by atoms with Crippen molar-refractivity contribution in [2.45, 2.75) is 39.2 Å². The number of halogens is 1. The lowest BCUT2D eigenvalue weighted by atomic mass is 10.1. The summed E-state index contributed by atoms with van der Waals surface area (Å²) in [5.41, 5.74) is 0.803. The SMILES string of the molecule is CC(C)CCN(CC(=O)c1ccccc1Br)C1CC1. The van der Waals surface area contributed by atoms with E-state index in [1.54, 1.807) is 0 Å². The van der Waals surface area contributed by atoms with Gasteiger partial charge in [0, 0.05) is 16.1 Å². The van der Waals surface area contributed by atoms with Crippen LogP contribution in [-0.2, 0) is 0 Å². The van der Waals surface area contributed by atoms with Gasteiger partial charge in [-0.25, -0.2) is 0 Å². The Labute approximate surface area is 124 Å². The highest BCUT2D eigenvalue weighted by atomic mass is 79.9. The van der Waals surface area contributed by atoms with Crippen molar-refractivity contribution >= 4 is 21.7 Å². The first kappa shape index (κ1) is 14.7. The second-order valence-electron chi connectivity index (χ2n) is 5.79. The summed E-state index contributed by atoms with van der Waals surface area (Å²) in [6.45, 7) is 6.07. The smallest absolute Gasteiger partial charge is 0.177 e. The first-order chi connectivity index (χ1) is 9.08. The molecular formula is C16H22BrNO. The number of carbonyl (C=O) groups is 1. The molecule has 3 heteroatoms. The van der Waals surface area contributed by atoms with E-state index in [0.29, 0.717) is 18.5 Å². The van der Waals surface area contributed by atoms with Crippen LogP contribution in [0.5, 0.6) is 0 Å². The molecule has 1 aromatic carbocycles. The summed E-state index contributed by atoms with van der Waals surface area (Å²) in [7, 11) is 0. The van der Waals surface area contributed by atoms with Crippen molar-refractivity contribution in [2.24, 2.45) is 5.92 Å². The Kier molecular flexibility index (Phi) is 5.17. The molecular weight excluding hydrogens is 302 g/mol. The lowest BCUT2D eigenvalue weighted by Gasteiger charge is -2.22. The highest BCUT2D eigenvalue weighted by Gasteiger charge is 2.30. The minimum Gasteiger partial charge on any atom is -0.293 e. The van der Waals surface area contributed by atoms with E-state index in [4.69, 9.17) is 0 Å². The van der Waals surface area contributed by atoms with Crippen LogP contribution in [0.25, 0.3) is 0 Å². The minimum absolute atomic E-state index is 0.225. The van der Waals surface area contributed by atoms with Crippen LogP contribution in [0.3, 0.4) is 0 Å². The fraction of sp³-hybridized carbons (Fsp3) is 0.562. The van der Waals surface area contributed by atoms with Crippen LogP contribution in [0.4, 0.5) is 0 Å². The Morgan fingerprint density at radius 2 is 2.05 bits per heavy atom. The van der Waals surface area contributed by atoms with E-state index in [-0.39, 0.29) is 5.78 Å². The topological polar surface area (TPSA) is 20.3 Å². The third-order valence-corrected chi connectivity index (χ3v) is 4.27. The highest BCUT2D eigenvalue weighted by Crippen LogP contribution is 2.28. The molecule has 104 valence electrons. The lowest BCUT2D eigenvalue weighted by Crippen LogP contribution is -2.33. The molecule has 0 atom stereocenters. The first-order valence-corrected chi connectivity index (χ1v) is 7.89. The fourth-order valence-electron chi connectivity index (χ4n) is 2.21. The molecule has 0 N–H and O–H groups in total. The van der Waals surface area contributed by atoms with Crippen molar-refractivity contribution < 1.29 is 4.79 Å². The van der Waals surface area contributed by atoms with Crippen LogP contribution in [0, 0.1) is 5.92 Å². The summed E-state index contributed by atoms with van der Waals surface area (Å²) in [6.07, 6.45) is 3.67. The molecule has 0 amide bonds. The first-order valence-electron chi connectivity index (χ1n) is 7.09. The molecule has 1 saturated carbocycles. The van der Waals surface area contributed by atoms with Gasteiger partial charge in [-0.15, -0.1) is 0 Å². The predicted octanol–water partition coefficient (Wildman–Crippen LogP) is 4.14. The molecule has 1 aliphatic rings. The summed E-state index contributed by atoms with van der Waals surface area (Å²) in [6, 6.07) is 8.35. The van der Waals surface area contributed by atoms with E-state index < -0.39 is 0 Å². The van der Waals surface area contributed by atoms with Gasteiger partial charge in [-0.05, 0) is 37.8 Å². The third-order valence-electron chi connectivity index (χ3n) is 3.58. The molecule has 19 heavy (non-hydrogen) atoms. The molecule has 0 unspecified atom stereocenters. The monoisotopic (exact) mass is 323 g/mol. The molecule has 1 aliphatic carbocycles. The van der Waals surface area contributed by atoms with Crippen molar-refractivity contribution in [1.29, 1.82) is 0 Å². The van der Waals surface area contributed by atoms with Gasteiger partial charge >= 0.3 is 0 Å². The van der Waals surface area contributed by atoms with Gasteiger partial charge in [-0.2, -0.15) is 0 Å². The summed E-state index contributed by atoms with van der Waals surface area (Å²) in [4.78, 5) is 14.7. The highest BCUT2D eigenvalue weighted by molar-refractivity contribution is 9.10. The Morgan fingerprint density at radius 1 is 1.37 bits per heavy atom. The summed E-state index contributed by atoms with van der Waals surface area (Å²) >= 11 is 3.46. The van der Waals surface area contributed by atoms with Crippen LogP contribution in [0.2, 0.25) is 0 Å². The Morgan fingerprint density at radius 3 is 2.63 bits per heavy atom. The van der Waals surface area contributed by atoms with Crippen LogP contribution in [-0.4, -0.2) is 29.8 Å². The van der Waals surface area contributed by atoms with E-state index in [1.165, 1.54) is 19.3 Å². The lowest BCUT2D eigenvalue weighted by molar-refractivity contribution is 0.0920.